The lowest BCUT2D eigenvalue weighted by molar-refractivity contribution is -0.384. The molecule has 0 aliphatic rings. The van der Waals surface area contributed by atoms with E-state index in [1.54, 1.807) is 6.20 Å². The van der Waals surface area contributed by atoms with Crippen molar-refractivity contribution in [2.45, 2.75) is 13.5 Å². The van der Waals surface area contributed by atoms with Gasteiger partial charge in [-0.3, -0.25) is 15.1 Å². The Hall–Kier alpha value is -2.44. The lowest BCUT2D eigenvalue weighted by Gasteiger charge is -2.03. The number of aromatic nitrogens is 3. The highest BCUT2D eigenvalue weighted by Crippen LogP contribution is 2.20. The Labute approximate surface area is 97.0 Å². The quantitative estimate of drug-likeness (QED) is 0.632. The molecule has 2 rings (SSSR count). The van der Waals surface area contributed by atoms with Gasteiger partial charge in [-0.1, -0.05) is 6.07 Å². The van der Waals surface area contributed by atoms with Gasteiger partial charge in [-0.25, -0.2) is 4.68 Å². The fraction of sp³-hybridized carbons (Fsp3) is 0.200. The molecule has 0 saturated heterocycles. The molecular weight excluding hydrogens is 222 g/mol. The maximum atomic E-state index is 10.6. The van der Waals surface area contributed by atoms with Crippen LogP contribution in [0.15, 0.2) is 24.5 Å². The summed E-state index contributed by atoms with van der Waals surface area (Å²) in [5, 5.41) is 14.5. The second kappa shape index (κ2) is 4.20. The van der Waals surface area contributed by atoms with Gasteiger partial charge in [-0.05, 0) is 18.6 Å². The zero-order chi connectivity index (χ0) is 12.4. The molecule has 7 heteroatoms. The van der Waals surface area contributed by atoms with Crippen LogP contribution in [-0.4, -0.2) is 19.7 Å². The van der Waals surface area contributed by atoms with Crippen LogP contribution in [0.2, 0.25) is 0 Å². The number of pyridine rings is 1. The van der Waals surface area contributed by atoms with Crippen LogP contribution in [0.5, 0.6) is 0 Å². The van der Waals surface area contributed by atoms with Crippen molar-refractivity contribution in [2.75, 3.05) is 5.73 Å². The van der Waals surface area contributed by atoms with Crippen molar-refractivity contribution < 1.29 is 4.92 Å². The summed E-state index contributed by atoms with van der Waals surface area (Å²) in [4.78, 5) is 14.2. The summed E-state index contributed by atoms with van der Waals surface area (Å²) in [6, 6.07) is 3.75. The van der Waals surface area contributed by atoms with Gasteiger partial charge in [-0.2, -0.15) is 5.10 Å². The summed E-state index contributed by atoms with van der Waals surface area (Å²) in [5.74, 6) is 0.0392. The molecule has 2 aromatic rings. The Balaban J connectivity index is 2.24. The zero-order valence-corrected chi connectivity index (χ0v) is 9.20. The molecule has 2 aromatic heterocycles. The van der Waals surface area contributed by atoms with Crippen LogP contribution in [0.4, 0.5) is 11.5 Å². The Kier molecular flexibility index (Phi) is 2.73. The van der Waals surface area contributed by atoms with Crippen molar-refractivity contribution in [2.24, 2.45) is 0 Å². The normalized spacial score (nSPS) is 10.4. The summed E-state index contributed by atoms with van der Waals surface area (Å²) < 4.78 is 1.36. The molecule has 2 N–H and O–H groups in total. The molecule has 0 aromatic carbocycles. The number of nitro groups is 1. The average molecular weight is 233 g/mol. The zero-order valence-electron chi connectivity index (χ0n) is 9.20. The molecule has 0 atom stereocenters. The van der Waals surface area contributed by atoms with Crippen molar-refractivity contribution in [3.05, 3.63) is 45.9 Å². The smallest absolute Gasteiger partial charge is 0.330 e. The first-order valence-corrected chi connectivity index (χ1v) is 4.95. The summed E-state index contributed by atoms with van der Waals surface area (Å²) in [6.07, 6.45) is 2.87. The SMILES string of the molecule is Cc1ccc(Cn2ncc([N+](=O)[O-])c2N)nc1. The van der Waals surface area contributed by atoms with Gasteiger partial charge < -0.3 is 5.73 Å². The number of hydrogen-bond donors (Lipinski definition) is 1. The van der Waals surface area contributed by atoms with Gasteiger partial charge in [0.25, 0.3) is 0 Å². The van der Waals surface area contributed by atoms with Crippen LogP contribution in [0.25, 0.3) is 0 Å². The third-order valence-electron chi connectivity index (χ3n) is 2.34. The summed E-state index contributed by atoms with van der Waals surface area (Å²) in [5.41, 5.74) is 7.23. The Morgan fingerprint density at radius 1 is 1.47 bits per heavy atom. The number of nitrogens with zero attached hydrogens (tertiary/aromatic N) is 4. The maximum absolute atomic E-state index is 10.6. The van der Waals surface area contributed by atoms with Crippen LogP contribution in [-0.2, 0) is 6.54 Å². The molecule has 7 nitrogen and oxygen atoms in total. The van der Waals surface area contributed by atoms with Gasteiger partial charge >= 0.3 is 5.69 Å². The summed E-state index contributed by atoms with van der Waals surface area (Å²) >= 11 is 0. The minimum atomic E-state index is -0.554. The molecule has 0 radical (unpaired) electrons. The van der Waals surface area contributed by atoms with Crippen molar-refractivity contribution in [1.82, 2.24) is 14.8 Å². The minimum absolute atomic E-state index is 0.0392. The van der Waals surface area contributed by atoms with Crippen LogP contribution in [0.1, 0.15) is 11.3 Å². The van der Waals surface area contributed by atoms with E-state index in [9.17, 15) is 10.1 Å². The molecule has 17 heavy (non-hydrogen) atoms. The molecule has 0 bridgehead atoms. The van der Waals surface area contributed by atoms with Gasteiger partial charge in [0, 0.05) is 6.20 Å². The number of hydrogen-bond acceptors (Lipinski definition) is 5. The van der Waals surface area contributed by atoms with Crippen LogP contribution >= 0.6 is 0 Å². The first-order chi connectivity index (χ1) is 8.08. The highest BCUT2D eigenvalue weighted by molar-refractivity contribution is 5.51. The van der Waals surface area contributed by atoms with E-state index in [0.717, 1.165) is 17.5 Å². The van der Waals surface area contributed by atoms with Gasteiger partial charge in [0.2, 0.25) is 5.82 Å². The van der Waals surface area contributed by atoms with Crippen molar-refractivity contribution >= 4 is 11.5 Å². The van der Waals surface area contributed by atoms with Gasteiger partial charge in [0.1, 0.15) is 6.20 Å². The third-order valence-corrected chi connectivity index (χ3v) is 2.34. The molecule has 0 saturated carbocycles. The number of nitrogens with two attached hydrogens (primary N) is 1. The number of aryl methyl sites for hydroxylation is 1. The van der Waals surface area contributed by atoms with E-state index in [2.05, 4.69) is 10.1 Å². The van der Waals surface area contributed by atoms with E-state index in [-0.39, 0.29) is 11.5 Å². The molecule has 0 fully saturated rings. The second-order valence-electron chi connectivity index (χ2n) is 3.66. The number of rotatable bonds is 3. The molecule has 88 valence electrons. The second-order valence-corrected chi connectivity index (χ2v) is 3.66. The van der Waals surface area contributed by atoms with Crippen LogP contribution in [0.3, 0.4) is 0 Å². The van der Waals surface area contributed by atoms with Crippen molar-refractivity contribution in [3.8, 4) is 0 Å². The number of nitrogen functional groups attached to an aromatic ring is 1. The Morgan fingerprint density at radius 2 is 2.24 bits per heavy atom. The Morgan fingerprint density at radius 3 is 2.76 bits per heavy atom. The summed E-state index contributed by atoms with van der Waals surface area (Å²) in [6.45, 7) is 2.25. The monoisotopic (exact) mass is 233 g/mol. The van der Waals surface area contributed by atoms with E-state index in [1.807, 2.05) is 19.1 Å². The lowest BCUT2D eigenvalue weighted by Crippen LogP contribution is -2.07. The van der Waals surface area contributed by atoms with E-state index >= 15 is 0 Å². The van der Waals surface area contributed by atoms with Gasteiger partial charge in [-0.15, -0.1) is 0 Å². The molecular formula is C10H11N5O2. The molecule has 0 aliphatic carbocycles. The fourth-order valence-electron chi connectivity index (χ4n) is 1.40. The fourth-order valence-corrected chi connectivity index (χ4v) is 1.40. The molecule has 0 spiro atoms. The number of anilines is 1. The largest absolute Gasteiger partial charge is 0.378 e. The van der Waals surface area contributed by atoms with E-state index < -0.39 is 4.92 Å². The Bertz CT molecular complexity index is 546. The standard InChI is InChI=1S/C10H11N5O2/c1-7-2-3-8(12-4-7)6-14-10(11)9(5-13-14)15(16)17/h2-5H,6,11H2,1H3. The summed E-state index contributed by atoms with van der Waals surface area (Å²) in [7, 11) is 0. The molecule has 0 aliphatic heterocycles. The van der Waals surface area contributed by atoms with Crippen molar-refractivity contribution in [1.29, 1.82) is 0 Å². The van der Waals surface area contributed by atoms with E-state index in [4.69, 9.17) is 5.73 Å². The van der Waals surface area contributed by atoms with Crippen LogP contribution < -0.4 is 5.73 Å². The predicted molar refractivity (Wildman–Crippen MR) is 61.4 cm³/mol. The highest BCUT2D eigenvalue weighted by Gasteiger charge is 2.17. The van der Waals surface area contributed by atoms with Gasteiger partial charge in [0.05, 0.1) is 17.2 Å². The first kappa shape index (κ1) is 11.1. The van der Waals surface area contributed by atoms with Crippen LogP contribution in [0, 0.1) is 17.0 Å². The lowest BCUT2D eigenvalue weighted by atomic mass is 10.3. The van der Waals surface area contributed by atoms with Crippen molar-refractivity contribution in [3.63, 3.8) is 0 Å². The highest BCUT2D eigenvalue weighted by atomic mass is 16.6. The predicted octanol–water partition coefficient (Wildman–Crippen LogP) is 1.13. The van der Waals surface area contributed by atoms with E-state index in [1.165, 1.54) is 4.68 Å². The maximum Gasteiger partial charge on any atom is 0.330 e. The molecule has 0 amide bonds. The third kappa shape index (κ3) is 2.22. The minimum Gasteiger partial charge on any atom is -0.378 e. The average Bonchev–Trinajstić information content (AvgIpc) is 2.64. The molecule has 0 unspecified atom stereocenters. The first-order valence-electron chi connectivity index (χ1n) is 4.95. The topological polar surface area (TPSA) is 99.9 Å². The molecule has 2 heterocycles. The van der Waals surface area contributed by atoms with Gasteiger partial charge in [0.15, 0.2) is 0 Å². The van der Waals surface area contributed by atoms with E-state index in [0.29, 0.717) is 6.54 Å².